The van der Waals surface area contributed by atoms with Crippen LogP contribution in [0.4, 0.5) is 9.18 Å². The van der Waals surface area contributed by atoms with Crippen LogP contribution in [0.1, 0.15) is 17.2 Å². The summed E-state index contributed by atoms with van der Waals surface area (Å²) >= 11 is 5.70. The number of nitrogens with one attached hydrogen (secondary N) is 2. The van der Waals surface area contributed by atoms with Crippen molar-refractivity contribution in [3.63, 3.8) is 0 Å². The summed E-state index contributed by atoms with van der Waals surface area (Å²) in [5.74, 6) is -2.27. The molecule has 1 atom stereocenters. The molecule has 0 aromatic heterocycles. The predicted octanol–water partition coefficient (Wildman–Crippen LogP) is 3.04. The number of esters is 1. The molecule has 0 radical (unpaired) electrons. The monoisotopic (exact) mass is 452 g/mol. The van der Waals surface area contributed by atoms with Crippen molar-refractivity contribution in [1.29, 1.82) is 0 Å². The van der Waals surface area contributed by atoms with Crippen molar-refractivity contribution in [1.82, 2.24) is 10.6 Å². The Balaban J connectivity index is 2.09. The molecule has 2 N–H and O–H groups in total. The number of carbonyl (C=O) groups excluding carboxylic acids is 2. The Morgan fingerprint density at radius 2 is 1.87 bits per heavy atom. The first-order valence-corrected chi connectivity index (χ1v) is 10.8. The van der Waals surface area contributed by atoms with E-state index in [1.807, 2.05) is 6.92 Å². The predicted molar refractivity (Wildman–Crippen MR) is 108 cm³/mol. The maximum absolute atomic E-state index is 13.4. The average Bonchev–Trinajstić information content (AvgIpc) is 2.69. The van der Waals surface area contributed by atoms with Gasteiger partial charge in [0, 0.05) is 5.70 Å². The number of urea groups is 1. The number of benzene rings is 2. The molecule has 10 heteroatoms. The third-order valence-corrected chi connectivity index (χ3v) is 6.48. The van der Waals surface area contributed by atoms with Crippen molar-refractivity contribution in [2.24, 2.45) is 0 Å². The maximum atomic E-state index is 13.4. The molecule has 2 amide bonds. The molecule has 0 saturated carbocycles. The van der Waals surface area contributed by atoms with Gasteiger partial charge in [0.25, 0.3) is 0 Å². The average molecular weight is 453 g/mol. The maximum Gasteiger partial charge on any atom is 0.338 e. The van der Waals surface area contributed by atoms with Gasteiger partial charge in [-0.15, -0.1) is 0 Å². The highest BCUT2D eigenvalue weighted by atomic mass is 35.5. The van der Waals surface area contributed by atoms with E-state index < -0.39 is 39.4 Å². The SMILES string of the molecule is COC(=O)C1=C(CS(=O)(=O)c2ccc(F)c(Cl)c2)NC(=O)NC1c1ccc(C)cc1. The Hall–Kier alpha value is -2.91. The number of aryl methyl sites for hydroxylation is 1. The largest absolute Gasteiger partial charge is 0.466 e. The highest BCUT2D eigenvalue weighted by Gasteiger charge is 2.35. The number of hydrogen-bond donors (Lipinski definition) is 2. The molecule has 1 heterocycles. The molecule has 0 fully saturated rings. The normalized spacial score (nSPS) is 16.7. The van der Waals surface area contributed by atoms with E-state index in [2.05, 4.69) is 10.6 Å². The van der Waals surface area contributed by atoms with Crippen molar-refractivity contribution in [3.05, 3.63) is 75.7 Å². The molecule has 0 saturated heterocycles. The van der Waals surface area contributed by atoms with Gasteiger partial charge in [-0.25, -0.2) is 22.4 Å². The zero-order valence-electron chi connectivity index (χ0n) is 16.0. The van der Waals surface area contributed by atoms with Crippen LogP contribution in [0.15, 0.2) is 58.6 Å². The summed E-state index contributed by atoms with van der Waals surface area (Å²) in [5, 5.41) is 4.65. The van der Waals surface area contributed by atoms with Crippen LogP contribution in [0.5, 0.6) is 0 Å². The Kier molecular flexibility index (Phi) is 6.14. The smallest absolute Gasteiger partial charge is 0.338 e. The number of methoxy groups -OCH3 is 1. The van der Waals surface area contributed by atoms with E-state index in [0.29, 0.717) is 5.56 Å². The van der Waals surface area contributed by atoms with Crippen LogP contribution < -0.4 is 10.6 Å². The van der Waals surface area contributed by atoms with Gasteiger partial charge in [-0.3, -0.25) is 0 Å². The van der Waals surface area contributed by atoms with E-state index in [1.54, 1.807) is 24.3 Å². The van der Waals surface area contributed by atoms with Crippen LogP contribution in [0.3, 0.4) is 0 Å². The number of rotatable bonds is 5. The molecule has 2 aromatic carbocycles. The molecule has 1 unspecified atom stereocenters. The van der Waals surface area contributed by atoms with Crippen LogP contribution in [0.25, 0.3) is 0 Å². The van der Waals surface area contributed by atoms with Gasteiger partial charge >= 0.3 is 12.0 Å². The summed E-state index contributed by atoms with van der Waals surface area (Å²) in [7, 11) is -2.91. The second-order valence-electron chi connectivity index (χ2n) is 6.66. The number of amides is 2. The van der Waals surface area contributed by atoms with Gasteiger partial charge in [0.2, 0.25) is 0 Å². The van der Waals surface area contributed by atoms with E-state index in [4.69, 9.17) is 16.3 Å². The Labute approximate surface area is 177 Å². The fourth-order valence-electron chi connectivity index (χ4n) is 3.04. The van der Waals surface area contributed by atoms with Crippen molar-refractivity contribution in [3.8, 4) is 0 Å². The number of hydrogen-bond acceptors (Lipinski definition) is 5. The fraction of sp³-hybridized carbons (Fsp3) is 0.200. The molecular weight excluding hydrogens is 435 g/mol. The molecule has 1 aliphatic heterocycles. The van der Waals surface area contributed by atoms with Crippen LogP contribution in [-0.4, -0.2) is 33.3 Å². The minimum atomic E-state index is -4.07. The lowest BCUT2D eigenvalue weighted by Gasteiger charge is -2.29. The van der Waals surface area contributed by atoms with Gasteiger partial charge in [-0.05, 0) is 30.7 Å². The van der Waals surface area contributed by atoms with E-state index in [1.165, 1.54) is 0 Å². The summed E-state index contributed by atoms with van der Waals surface area (Å²) in [5.41, 5.74) is 1.38. The van der Waals surface area contributed by atoms with Gasteiger partial charge in [0.1, 0.15) is 5.82 Å². The first-order valence-electron chi connectivity index (χ1n) is 8.75. The Morgan fingerprint density at radius 3 is 2.47 bits per heavy atom. The quantitative estimate of drug-likeness (QED) is 0.536. The minimum Gasteiger partial charge on any atom is -0.466 e. The molecule has 2 aromatic rings. The van der Waals surface area contributed by atoms with E-state index in [9.17, 15) is 22.4 Å². The van der Waals surface area contributed by atoms with E-state index >= 15 is 0 Å². The summed E-state index contributed by atoms with van der Waals surface area (Å²) in [6.45, 7) is 1.88. The van der Waals surface area contributed by atoms with Gasteiger partial charge in [-0.2, -0.15) is 0 Å². The molecule has 158 valence electrons. The molecule has 7 nitrogen and oxygen atoms in total. The lowest BCUT2D eigenvalue weighted by Crippen LogP contribution is -2.47. The number of ether oxygens (including phenoxy) is 1. The van der Waals surface area contributed by atoms with Gasteiger partial charge in [-0.1, -0.05) is 41.4 Å². The topological polar surface area (TPSA) is 102 Å². The summed E-state index contributed by atoms with van der Waals surface area (Å²) in [4.78, 5) is 24.5. The van der Waals surface area contributed by atoms with Gasteiger partial charge in [0.05, 0.1) is 34.4 Å². The van der Waals surface area contributed by atoms with Crippen molar-refractivity contribution < 1.29 is 27.1 Å². The first kappa shape index (κ1) is 21.8. The molecule has 30 heavy (non-hydrogen) atoms. The standard InChI is InChI=1S/C20H18ClFN2O5S/c1-11-3-5-12(6-4-11)18-17(19(25)29-2)16(23-20(26)24-18)10-30(27,28)13-7-8-15(22)14(21)9-13/h3-9,18H,10H2,1-2H3,(H2,23,24,26). The van der Waals surface area contributed by atoms with Crippen molar-refractivity contribution >= 4 is 33.4 Å². The zero-order valence-corrected chi connectivity index (χ0v) is 17.6. The Bertz CT molecular complexity index is 1150. The van der Waals surface area contributed by atoms with Gasteiger partial charge in [0.15, 0.2) is 9.84 Å². The van der Waals surface area contributed by atoms with E-state index in [-0.39, 0.29) is 21.2 Å². The molecule has 3 rings (SSSR count). The summed E-state index contributed by atoms with van der Waals surface area (Å²) < 4.78 is 44.0. The van der Waals surface area contributed by atoms with Crippen LogP contribution >= 0.6 is 11.6 Å². The molecule has 0 aliphatic carbocycles. The van der Waals surface area contributed by atoms with Crippen LogP contribution in [0, 0.1) is 12.7 Å². The second-order valence-corrected chi connectivity index (χ2v) is 9.06. The molecular formula is C20H18ClFN2O5S. The second kappa shape index (κ2) is 8.45. The third-order valence-electron chi connectivity index (χ3n) is 4.55. The van der Waals surface area contributed by atoms with E-state index in [0.717, 1.165) is 30.9 Å². The molecule has 1 aliphatic rings. The highest BCUT2D eigenvalue weighted by molar-refractivity contribution is 7.91. The zero-order chi connectivity index (χ0) is 22.1. The third kappa shape index (κ3) is 4.47. The van der Waals surface area contributed by atoms with Crippen LogP contribution in [-0.2, 0) is 19.4 Å². The summed E-state index contributed by atoms with van der Waals surface area (Å²) in [6, 6.07) is 8.44. The van der Waals surface area contributed by atoms with Crippen molar-refractivity contribution in [2.45, 2.75) is 17.9 Å². The summed E-state index contributed by atoms with van der Waals surface area (Å²) in [6.07, 6.45) is 0. The minimum absolute atomic E-state index is 0.0438. The number of carbonyl (C=O) groups is 2. The molecule has 0 spiro atoms. The molecule has 0 bridgehead atoms. The van der Waals surface area contributed by atoms with Crippen LogP contribution in [0.2, 0.25) is 5.02 Å². The highest BCUT2D eigenvalue weighted by Crippen LogP contribution is 2.30. The lowest BCUT2D eigenvalue weighted by atomic mass is 9.95. The van der Waals surface area contributed by atoms with Crippen molar-refractivity contribution in [2.75, 3.05) is 12.9 Å². The first-order chi connectivity index (χ1) is 14.1. The Morgan fingerprint density at radius 1 is 1.20 bits per heavy atom. The van der Waals surface area contributed by atoms with Gasteiger partial charge < -0.3 is 15.4 Å². The lowest BCUT2D eigenvalue weighted by molar-refractivity contribution is -0.136. The number of sulfone groups is 1. The number of halogens is 2. The fourth-order valence-corrected chi connectivity index (χ4v) is 4.63.